The van der Waals surface area contributed by atoms with Gasteiger partial charge in [-0.2, -0.15) is 0 Å². The Labute approximate surface area is 103 Å². The third-order valence-electron chi connectivity index (χ3n) is 2.34. The fourth-order valence-corrected chi connectivity index (χ4v) is 2.57. The van der Waals surface area contributed by atoms with E-state index in [0.717, 1.165) is 18.1 Å². The average Bonchev–Trinajstić information content (AvgIpc) is 2.70. The lowest BCUT2D eigenvalue weighted by atomic mass is 10.3. The fourth-order valence-electron chi connectivity index (χ4n) is 1.40. The van der Waals surface area contributed by atoms with Crippen LogP contribution in [0.2, 0.25) is 5.02 Å². The Morgan fingerprint density at radius 2 is 2.44 bits per heavy atom. The molecule has 2 rings (SSSR count). The zero-order chi connectivity index (χ0) is 11.5. The van der Waals surface area contributed by atoms with E-state index in [2.05, 4.69) is 17.2 Å². The minimum absolute atomic E-state index is 0.331. The Morgan fingerprint density at radius 3 is 3.06 bits per heavy atom. The van der Waals surface area contributed by atoms with Crippen LogP contribution in [0.1, 0.15) is 13.3 Å². The Morgan fingerprint density at radius 1 is 1.62 bits per heavy atom. The second kappa shape index (κ2) is 5.06. The van der Waals surface area contributed by atoms with Crippen molar-refractivity contribution in [3.8, 4) is 0 Å². The highest BCUT2D eigenvalue weighted by Crippen LogP contribution is 2.28. The minimum Gasteiger partial charge on any atom is -0.334 e. The molecule has 16 heavy (non-hydrogen) atoms. The molecule has 0 saturated carbocycles. The number of anilines is 1. The molecule has 2 nitrogen and oxygen atoms in total. The van der Waals surface area contributed by atoms with Crippen LogP contribution in [0.15, 0.2) is 23.2 Å². The quantitative estimate of drug-likeness (QED) is 0.873. The molecule has 5 heteroatoms. The number of thioether (sulfide) groups is 1. The Kier molecular flexibility index (Phi) is 3.71. The van der Waals surface area contributed by atoms with Crippen molar-refractivity contribution >= 4 is 34.2 Å². The molecule has 86 valence electrons. The summed E-state index contributed by atoms with van der Waals surface area (Å²) in [5, 5.41) is 4.90. The molecule has 0 saturated heterocycles. The summed E-state index contributed by atoms with van der Waals surface area (Å²) in [5.41, 5.74) is 0.700. The molecule has 1 aliphatic rings. The third kappa shape index (κ3) is 2.68. The summed E-state index contributed by atoms with van der Waals surface area (Å²) < 4.78 is 12.8. The number of benzene rings is 1. The maximum Gasteiger partial charge on any atom is 0.161 e. The van der Waals surface area contributed by atoms with Crippen molar-refractivity contribution in [2.24, 2.45) is 4.99 Å². The first-order valence-corrected chi connectivity index (χ1v) is 6.38. The molecular weight excluding hydrogens is 247 g/mol. The molecule has 0 amide bonds. The van der Waals surface area contributed by atoms with E-state index in [4.69, 9.17) is 11.6 Å². The summed E-state index contributed by atoms with van der Waals surface area (Å²) in [6, 6.07) is 4.30. The number of nitrogens with one attached hydrogen (secondary N) is 1. The van der Waals surface area contributed by atoms with Gasteiger partial charge in [0.15, 0.2) is 5.17 Å². The van der Waals surface area contributed by atoms with E-state index in [1.54, 1.807) is 17.8 Å². The van der Waals surface area contributed by atoms with Gasteiger partial charge in [0.05, 0.1) is 17.3 Å². The van der Waals surface area contributed by atoms with Gasteiger partial charge in [-0.1, -0.05) is 30.3 Å². The first kappa shape index (κ1) is 11.7. The molecule has 1 aliphatic heterocycles. The Balaban J connectivity index is 2.05. The molecule has 0 bridgehead atoms. The van der Waals surface area contributed by atoms with Crippen LogP contribution in [0.5, 0.6) is 0 Å². The lowest BCUT2D eigenvalue weighted by Crippen LogP contribution is -2.07. The van der Waals surface area contributed by atoms with Gasteiger partial charge in [0, 0.05) is 5.25 Å². The minimum atomic E-state index is -0.331. The maximum absolute atomic E-state index is 12.8. The van der Waals surface area contributed by atoms with Gasteiger partial charge < -0.3 is 5.32 Å². The third-order valence-corrected chi connectivity index (χ3v) is 3.93. The number of halogens is 2. The first-order valence-electron chi connectivity index (χ1n) is 5.12. The van der Waals surface area contributed by atoms with E-state index in [1.165, 1.54) is 12.1 Å². The maximum atomic E-state index is 12.8. The second-order valence-electron chi connectivity index (χ2n) is 3.54. The van der Waals surface area contributed by atoms with Crippen molar-refractivity contribution in [3.63, 3.8) is 0 Å². The Hall–Kier alpha value is -0.740. The SMILES string of the molecule is CCC1CN=C(Nc2ccc(F)cc2Cl)S1. The molecule has 0 aromatic heterocycles. The average molecular weight is 259 g/mol. The first-order chi connectivity index (χ1) is 7.69. The van der Waals surface area contributed by atoms with Gasteiger partial charge in [0.25, 0.3) is 0 Å². The number of amidine groups is 1. The van der Waals surface area contributed by atoms with Crippen LogP contribution < -0.4 is 5.32 Å². The van der Waals surface area contributed by atoms with Crippen molar-refractivity contribution in [1.29, 1.82) is 0 Å². The number of hydrogen-bond acceptors (Lipinski definition) is 3. The summed E-state index contributed by atoms with van der Waals surface area (Å²) >= 11 is 7.62. The van der Waals surface area contributed by atoms with Crippen molar-refractivity contribution in [2.75, 3.05) is 11.9 Å². The highest BCUT2D eigenvalue weighted by atomic mass is 35.5. The number of hydrogen-bond donors (Lipinski definition) is 1. The van der Waals surface area contributed by atoms with E-state index in [9.17, 15) is 4.39 Å². The summed E-state index contributed by atoms with van der Waals surface area (Å²) in [7, 11) is 0. The van der Waals surface area contributed by atoms with Gasteiger partial charge in [-0.15, -0.1) is 0 Å². The lowest BCUT2D eigenvalue weighted by Gasteiger charge is -2.08. The number of aliphatic imine (C=N–C) groups is 1. The second-order valence-corrected chi connectivity index (χ2v) is 5.24. The molecule has 0 spiro atoms. The van der Waals surface area contributed by atoms with Gasteiger partial charge in [-0.25, -0.2) is 4.39 Å². The van der Waals surface area contributed by atoms with Gasteiger partial charge in [0.2, 0.25) is 0 Å². The van der Waals surface area contributed by atoms with Crippen molar-refractivity contribution < 1.29 is 4.39 Å². The monoisotopic (exact) mass is 258 g/mol. The number of rotatable bonds is 2. The molecule has 1 aromatic rings. The zero-order valence-electron chi connectivity index (χ0n) is 8.84. The standard InChI is InChI=1S/C11H12ClFN2S/c1-2-8-6-14-11(16-8)15-10-4-3-7(13)5-9(10)12/h3-5,8H,2,6H2,1H3,(H,14,15). The number of nitrogens with zero attached hydrogens (tertiary/aromatic N) is 1. The smallest absolute Gasteiger partial charge is 0.161 e. The molecule has 1 N–H and O–H groups in total. The molecule has 0 fully saturated rings. The van der Waals surface area contributed by atoms with Crippen LogP contribution in [0.3, 0.4) is 0 Å². The van der Waals surface area contributed by atoms with Crippen molar-refractivity contribution in [1.82, 2.24) is 0 Å². The van der Waals surface area contributed by atoms with Gasteiger partial charge in [-0.05, 0) is 24.6 Å². The predicted molar refractivity (Wildman–Crippen MR) is 69.0 cm³/mol. The molecule has 0 radical (unpaired) electrons. The summed E-state index contributed by atoms with van der Waals surface area (Å²) in [5.74, 6) is -0.331. The molecule has 1 heterocycles. The van der Waals surface area contributed by atoms with Crippen LogP contribution in [0, 0.1) is 5.82 Å². The van der Waals surface area contributed by atoms with Crippen LogP contribution in [0.4, 0.5) is 10.1 Å². The normalized spacial score (nSPS) is 19.7. The van der Waals surface area contributed by atoms with Crippen molar-refractivity contribution in [2.45, 2.75) is 18.6 Å². The van der Waals surface area contributed by atoms with E-state index in [0.29, 0.717) is 16.0 Å². The molecule has 0 aliphatic carbocycles. The molecule has 1 atom stereocenters. The molecule has 1 aromatic carbocycles. The lowest BCUT2D eigenvalue weighted by molar-refractivity contribution is 0.628. The zero-order valence-corrected chi connectivity index (χ0v) is 10.4. The predicted octanol–water partition coefficient (Wildman–Crippen LogP) is 3.77. The Bertz CT molecular complexity index is 422. The highest BCUT2D eigenvalue weighted by molar-refractivity contribution is 8.15. The van der Waals surface area contributed by atoms with Crippen LogP contribution in [-0.2, 0) is 0 Å². The topological polar surface area (TPSA) is 24.4 Å². The highest BCUT2D eigenvalue weighted by Gasteiger charge is 2.18. The molecular formula is C11H12ClFN2S. The van der Waals surface area contributed by atoms with Crippen LogP contribution in [0.25, 0.3) is 0 Å². The van der Waals surface area contributed by atoms with Gasteiger partial charge in [0.1, 0.15) is 5.82 Å². The van der Waals surface area contributed by atoms with Gasteiger partial charge in [-0.3, -0.25) is 4.99 Å². The fraction of sp³-hybridized carbons (Fsp3) is 0.364. The van der Waals surface area contributed by atoms with Crippen LogP contribution >= 0.6 is 23.4 Å². The van der Waals surface area contributed by atoms with E-state index in [-0.39, 0.29) is 5.82 Å². The summed E-state index contributed by atoms with van der Waals surface area (Å²) in [4.78, 5) is 4.36. The van der Waals surface area contributed by atoms with Crippen molar-refractivity contribution in [3.05, 3.63) is 29.0 Å². The van der Waals surface area contributed by atoms with E-state index in [1.807, 2.05) is 0 Å². The largest absolute Gasteiger partial charge is 0.334 e. The van der Waals surface area contributed by atoms with E-state index < -0.39 is 0 Å². The molecule has 1 unspecified atom stereocenters. The van der Waals surface area contributed by atoms with Gasteiger partial charge >= 0.3 is 0 Å². The summed E-state index contributed by atoms with van der Waals surface area (Å²) in [6.07, 6.45) is 1.09. The summed E-state index contributed by atoms with van der Waals surface area (Å²) in [6.45, 7) is 2.98. The van der Waals surface area contributed by atoms with E-state index >= 15 is 0 Å². The van der Waals surface area contributed by atoms with Crippen LogP contribution in [-0.4, -0.2) is 17.0 Å².